The Morgan fingerprint density at radius 1 is 1.54 bits per heavy atom. The first kappa shape index (κ1) is 8.04. The highest BCUT2D eigenvalue weighted by Gasteiger charge is 2.15. The molecular weight excluding hydrogens is 168 g/mol. The summed E-state index contributed by atoms with van der Waals surface area (Å²) in [5.41, 5.74) is 1.07. The Bertz CT molecular complexity index is 334. The topological polar surface area (TPSA) is 53.4 Å². The van der Waals surface area contributed by atoms with E-state index in [1.807, 2.05) is 6.07 Å². The minimum Gasteiger partial charge on any atom is -0.477 e. The SMILES string of the molecule is O=C(O)c1cc(N2CCC2)ccn1. The van der Waals surface area contributed by atoms with Crippen LogP contribution in [-0.4, -0.2) is 29.1 Å². The average molecular weight is 178 g/mol. The second kappa shape index (κ2) is 3.05. The molecule has 0 amide bonds. The Morgan fingerprint density at radius 2 is 2.31 bits per heavy atom. The van der Waals surface area contributed by atoms with Crippen LogP contribution < -0.4 is 4.90 Å². The number of nitrogens with zero attached hydrogens (tertiary/aromatic N) is 2. The van der Waals surface area contributed by atoms with E-state index >= 15 is 0 Å². The Kier molecular flexibility index (Phi) is 1.88. The molecule has 1 N–H and O–H groups in total. The highest BCUT2D eigenvalue weighted by Crippen LogP contribution is 2.20. The third-order valence-electron chi connectivity index (χ3n) is 2.18. The van der Waals surface area contributed by atoms with Gasteiger partial charge in [-0.3, -0.25) is 0 Å². The van der Waals surface area contributed by atoms with Crippen molar-refractivity contribution in [1.29, 1.82) is 0 Å². The molecule has 0 aliphatic carbocycles. The van der Waals surface area contributed by atoms with Crippen molar-refractivity contribution in [2.75, 3.05) is 18.0 Å². The number of hydrogen-bond donors (Lipinski definition) is 1. The van der Waals surface area contributed by atoms with Gasteiger partial charge in [-0.1, -0.05) is 0 Å². The molecule has 1 aromatic heterocycles. The monoisotopic (exact) mass is 178 g/mol. The molecule has 1 saturated heterocycles. The molecule has 0 radical (unpaired) electrons. The summed E-state index contributed by atoms with van der Waals surface area (Å²) in [5, 5.41) is 8.70. The van der Waals surface area contributed by atoms with Crippen LogP contribution >= 0.6 is 0 Å². The normalized spacial score (nSPS) is 15.2. The fourth-order valence-electron chi connectivity index (χ4n) is 1.31. The number of carboxylic acids is 1. The molecule has 4 nitrogen and oxygen atoms in total. The summed E-state index contributed by atoms with van der Waals surface area (Å²) in [5.74, 6) is -0.970. The van der Waals surface area contributed by atoms with Crippen molar-refractivity contribution < 1.29 is 9.90 Å². The van der Waals surface area contributed by atoms with Gasteiger partial charge in [0.25, 0.3) is 0 Å². The largest absolute Gasteiger partial charge is 0.477 e. The van der Waals surface area contributed by atoms with E-state index < -0.39 is 5.97 Å². The first-order valence-corrected chi connectivity index (χ1v) is 4.21. The average Bonchev–Trinajstić information content (AvgIpc) is 2.01. The van der Waals surface area contributed by atoms with E-state index in [2.05, 4.69) is 9.88 Å². The van der Waals surface area contributed by atoms with Gasteiger partial charge in [-0.25, -0.2) is 9.78 Å². The van der Waals surface area contributed by atoms with E-state index in [0.29, 0.717) is 0 Å². The van der Waals surface area contributed by atoms with Crippen LogP contribution in [0.15, 0.2) is 18.3 Å². The molecule has 2 heterocycles. The molecule has 4 heteroatoms. The molecule has 0 saturated carbocycles. The molecule has 1 fully saturated rings. The molecule has 0 bridgehead atoms. The summed E-state index contributed by atoms with van der Waals surface area (Å²) in [6.07, 6.45) is 2.72. The van der Waals surface area contributed by atoms with Gasteiger partial charge >= 0.3 is 5.97 Å². The number of pyridine rings is 1. The van der Waals surface area contributed by atoms with Crippen molar-refractivity contribution >= 4 is 11.7 Å². The van der Waals surface area contributed by atoms with Gasteiger partial charge in [-0.05, 0) is 18.6 Å². The fraction of sp³-hybridized carbons (Fsp3) is 0.333. The standard InChI is InChI=1S/C9H10N2O2/c12-9(13)8-6-7(2-3-10-8)11-4-1-5-11/h2-3,6H,1,4-5H2,(H,12,13). The molecule has 1 aliphatic rings. The van der Waals surface area contributed by atoms with E-state index in [1.54, 1.807) is 6.07 Å². The second-order valence-corrected chi connectivity index (χ2v) is 3.05. The van der Waals surface area contributed by atoms with Crippen LogP contribution in [0.25, 0.3) is 0 Å². The lowest BCUT2D eigenvalue weighted by Crippen LogP contribution is -2.37. The van der Waals surface area contributed by atoms with Gasteiger partial charge in [0.05, 0.1) is 0 Å². The Balaban J connectivity index is 2.26. The van der Waals surface area contributed by atoms with Crippen molar-refractivity contribution in [3.63, 3.8) is 0 Å². The highest BCUT2D eigenvalue weighted by atomic mass is 16.4. The smallest absolute Gasteiger partial charge is 0.354 e. The fourth-order valence-corrected chi connectivity index (χ4v) is 1.31. The molecule has 13 heavy (non-hydrogen) atoms. The second-order valence-electron chi connectivity index (χ2n) is 3.05. The Morgan fingerprint density at radius 3 is 2.85 bits per heavy atom. The van der Waals surface area contributed by atoms with Gasteiger partial charge < -0.3 is 10.0 Å². The first-order chi connectivity index (χ1) is 6.27. The molecule has 1 aromatic rings. The van der Waals surface area contributed by atoms with Crippen LogP contribution in [0.5, 0.6) is 0 Å². The molecule has 0 aromatic carbocycles. The molecular formula is C9H10N2O2. The maximum absolute atomic E-state index is 10.6. The van der Waals surface area contributed by atoms with E-state index in [4.69, 9.17) is 5.11 Å². The maximum atomic E-state index is 10.6. The molecule has 1 aliphatic heterocycles. The van der Waals surface area contributed by atoms with Crippen LogP contribution in [0.3, 0.4) is 0 Å². The van der Waals surface area contributed by atoms with Crippen molar-refractivity contribution in [3.05, 3.63) is 24.0 Å². The molecule has 2 rings (SSSR count). The van der Waals surface area contributed by atoms with Crippen LogP contribution in [-0.2, 0) is 0 Å². The van der Waals surface area contributed by atoms with E-state index in [1.165, 1.54) is 12.6 Å². The lowest BCUT2D eigenvalue weighted by atomic mass is 10.2. The highest BCUT2D eigenvalue weighted by molar-refractivity contribution is 5.86. The van der Waals surface area contributed by atoms with E-state index in [-0.39, 0.29) is 5.69 Å². The van der Waals surface area contributed by atoms with E-state index in [9.17, 15) is 4.79 Å². The number of aromatic nitrogens is 1. The van der Waals surface area contributed by atoms with Crippen LogP contribution in [0.1, 0.15) is 16.9 Å². The predicted molar refractivity (Wildman–Crippen MR) is 48.0 cm³/mol. The minimum atomic E-state index is -0.970. The Labute approximate surface area is 75.8 Å². The van der Waals surface area contributed by atoms with Crippen molar-refractivity contribution in [1.82, 2.24) is 4.98 Å². The lowest BCUT2D eigenvalue weighted by molar-refractivity contribution is 0.0690. The van der Waals surface area contributed by atoms with Gasteiger partial charge in [0.15, 0.2) is 0 Å². The van der Waals surface area contributed by atoms with Crippen LogP contribution in [0.4, 0.5) is 5.69 Å². The lowest BCUT2D eigenvalue weighted by Gasteiger charge is -2.33. The number of hydrogen-bond acceptors (Lipinski definition) is 3. The third kappa shape index (κ3) is 1.47. The van der Waals surface area contributed by atoms with Gasteiger partial charge in [-0.15, -0.1) is 0 Å². The minimum absolute atomic E-state index is 0.115. The number of carbonyl (C=O) groups is 1. The first-order valence-electron chi connectivity index (χ1n) is 4.21. The van der Waals surface area contributed by atoms with Gasteiger partial charge in [0, 0.05) is 25.0 Å². The molecule has 68 valence electrons. The number of anilines is 1. The number of rotatable bonds is 2. The summed E-state index contributed by atoms with van der Waals surface area (Å²) in [7, 11) is 0. The van der Waals surface area contributed by atoms with Crippen LogP contribution in [0, 0.1) is 0 Å². The van der Waals surface area contributed by atoms with Crippen molar-refractivity contribution in [3.8, 4) is 0 Å². The zero-order chi connectivity index (χ0) is 9.26. The van der Waals surface area contributed by atoms with Crippen molar-refractivity contribution in [2.45, 2.75) is 6.42 Å². The zero-order valence-corrected chi connectivity index (χ0v) is 7.10. The van der Waals surface area contributed by atoms with Crippen LogP contribution in [0.2, 0.25) is 0 Å². The number of aromatic carboxylic acids is 1. The quantitative estimate of drug-likeness (QED) is 0.733. The molecule has 0 spiro atoms. The van der Waals surface area contributed by atoms with Gasteiger partial charge in [0.2, 0.25) is 0 Å². The summed E-state index contributed by atoms with van der Waals surface area (Å²) >= 11 is 0. The summed E-state index contributed by atoms with van der Waals surface area (Å²) in [4.78, 5) is 16.5. The number of carboxylic acid groups (broad SMARTS) is 1. The van der Waals surface area contributed by atoms with E-state index in [0.717, 1.165) is 18.8 Å². The van der Waals surface area contributed by atoms with Gasteiger partial charge in [0.1, 0.15) is 5.69 Å². The summed E-state index contributed by atoms with van der Waals surface area (Å²) in [6.45, 7) is 2.03. The Hall–Kier alpha value is -1.58. The molecule has 0 atom stereocenters. The zero-order valence-electron chi connectivity index (χ0n) is 7.10. The third-order valence-corrected chi connectivity index (χ3v) is 2.18. The molecule has 0 unspecified atom stereocenters. The van der Waals surface area contributed by atoms with Crippen molar-refractivity contribution in [2.24, 2.45) is 0 Å². The maximum Gasteiger partial charge on any atom is 0.354 e. The van der Waals surface area contributed by atoms with Gasteiger partial charge in [-0.2, -0.15) is 0 Å². The predicted octanol–water partition coefficient (Wildman–Crippen LogP) is 0.990. The summed E-state index contributed by atoms with van der Waals surface area (Å²) < 4.78 is 0. The summed E-state index contributed by atoms with van der Waals surface area (Å²) in [6, 6.07) is 3.45.